The molecule has 1 aliphatic carbocycles. The van der Waals surface area contributed by atoms with Gasteiger partial charge >= 0.3 is 0 Å². The average molecular weight is 444 g/mol. The Bertz CT molecular complexity index is 1160. The number of aromatic nitrogens is 2. The molecule has 7 heteroatoms. The lowest BCUT2D eigenvalue weighted by molar-refractivity contribution is -0.123. The molecule has 3 aromatic rings. The Morgan fingerprint density at radius 1 is 1.00 bits per heavy atom. The van der Waals surface area contributed by atoms with Crippen molar-refractivity contribution in [2.45, 2.75) is 32.1 Å². The number of nitrogens with two attached hydrogens (primary N) is 1. The number of para-hydroxylation sites is 1. The van der Waals surface area contributed by atoms with Crippen LogP contribution in [-0.4, -0.2) is 46.1 Å². The number of hydrogen-bond donors (Lipinski definition) is 2. The summed E-state index contributed by atoms with van der Waals surface area (Å²) in [6.45, 7) is 1.67. The number of likely N-dealkylation sites (tertiary alicyclic amines) is 1. The van der Waals surface area contributed by atoms with Crippen LogP contribution >= 0.6 is 0 Å². The van der Waals surface area contributed by atoms with Gasteiger partial charge in [0, 0.05) is 17.5 Å². The van der Waals surface area contributed by atoms with Crippen LogP contribution in [0.15, 0.2) is 54.6 Å². The number of nitrogens with one attached hydrogen (secondary N) is 1. The fourth-order valence-corrected chi connectivity index (χ4v) is 4.87. The summed E-state index contributed by atoms with van der Waals surface area (Å²) in [5.41, 5.74) is 11.0. The van der Waals surface area contributed by atoms with E-state index in [2.05, 4.69) is 28.4 Å². The molecule has 3 N–H and O–H groups in total. The number of benzene rings is 2. The van der Waals surface area contributed by atoms with Gasteiger partial charge < -0.3 is 11.1 Å². The van der Waals surface area contributed by atoms with Gasteiger partial charge in [0.2, 0.25) is 11.8 Å². The SMILES string of the molecule is NC(=O)C1CCN(CC(=O)Nc2cc(-c3ccc4c(c3)CCC4)nn2-c2ccccc2)CC1. The highest BCUT2D eigenvalue weighted by molar-refractivity contribution is 5.92. The molecule has 33 heavy (non-hydrogen) atoms. The molecule has 2 aliphatic rings. The normalized spacial score (nSPS) is 16.5. The number of carbonyl (C=O) groups excluding carboxylic acids is 2. The molecule has 0 bridgehead atoms. The van der Waals surface area contributed by atoms with Gasteiger partial charge in [0.05, 0.1) is 17.9 Å². The van der Waals surface area contributed by atoms with Gasteiger partial charge in [-0.3, -0.25) is 14.5 Å². The summed E-state index contributed by atoms with van der Waals surface area (Å²) < 4.78 is 1.79. The predicted octanol–water partition coefficient (Wildman–Crippen LogP) is 3.16. The smallest absolute Gasteiger partial charge is 0.239 e. The van der Waals surface area contributed by atoms with Crippen LogP contribution in [0.5, 0.6) is 0 Å². The molecule has 2 aromatic carbocycles. The van der Waals surface area contributed by atoms with Gasteiger partial charge in [0.15, 0.2) is 0 Å². The second-order valence-electron chi connectivity index (χ2n) is 9.00. The van der Waals surface area contributed by atoms with Gasteiger partial charge in [-0.2, -0.15) is 5.10 Å². The standard InChI is InChI=1S/C26H29N5O2/c27-26(33)19-11-13-30(14-12-19)17-25(32)28-24-16-23(29-31(24)22-7-2-1-3-8-22)21-10-9-18-5-4-6-20(18)15-21/h1-3,7-10,15-16,19H,4-6,11-14,17H2,(H2,27,33)(H,28,32). The number of carbonyl (C=O) groups is 2. The van der Waals surface area contributed by atoms with E-state index < -0.39 is 0 Å². The molecule has 0 unspecified atom stereocenters. The van der Waals surface area contributed by atoms with Crippen LogP contribution in [0.4, 0.5) is 5.82 Å². The molecule has 1 saturated heterocycles. The molecule has 0 spiro atoms. The third kappa shape index (κ3) is 4.68. The van der Waals surface area contributed by atoms with Crippen LogP contribution in [0.25, 0.3) is 16.9 Å². The zero-order valence-electron chi connectivity index (χ0n) is 18.7. The van der Waals surface area contributed by atoms with Gasteiger partial charge in [-0.15, -0.1) is 0 Å². The number of aryl methyl sites for hydroxylation is 2. The summed E-state index contributed by atoms with van der Waals surface area (Å²) >= 11 is 0. The minimum atomic E-state index is -0.245. The molecular weight excluding hydrogens is 414 g/mol. The highest BCUT2D eigenvalue weighted by atomic mass is 16.2. The molecule has 7 nitrogen and oxygen atoms in total. The molecule has 2 heterocycles. The van der Waals surface area contributed by atoms with E-state index in [4.69, 9.17) is 10.8 Å². The number of nitrogens with zero attached hydrogens (tertiary/aromatic N) is 3. The summed E-state index contributed by atoms with van der Waals surface area (Å²) in [5.74, 6) is 0.225. The van der Waals surface area contributed by atoms with Crippen LogP contribution in [0.3, 0.4) is 0 Å². The lowest BCUT2D eigenvalue weighted by Crippen LogP contribution is -2.42. The third-order valence-corrected chi connectivity index (χ3v) is 6.73. The first-order valence-corrected chi connectivity index (χ1v) is 11.7. The maximum absolute atomic E-state index is 12.9. The average Bonchev–Trinajstić information content (AvgIpc) is 3.46. The summed E-state index contributed by atoms with van der Waals surface area (Å²) in [6, 6.07) is 18.3. The minimum Gasteiger partial charge on any atom is -0.369 e. The number of piperidine rings is 1. The largest absolute Gasteiger partial charge is 0.369 e. The highest BCUT2D eigenvalue weighted by Crippen LogP contribution is 2.30. The van der Waals surface area contributed by atoms with E-state index in [9.17, 15) is 9.59 Å². The number of fused-ring (bicyclic) bond motifs is 1. The Kier molecular flexibility index (Phi) is 5.96. The van der Waals surface area contributed by atoms with Crippen molar-refractivity contribution in [2.24, 2.45) is 11.7 Å². The van der Waals surface area contributed by atoms with Crippen LogP contribution < -0.4 is 11.1 Å². The number of amides is 2. The highest BCUT2D eigenvalue weighted by Gasteiger charge is 2.25. The van der Waals surface area contributed by atoms with E-state index in [1.807, 2.05) is 36.4 Å². The van der Waals surface area contributed by atoms with Crippen molar-refractivity contribution in [1.82, 2.24) is 14.7 Å². The Morgan fingerprint density at radius 3 is 2.52 bits per heavy atom. The molecule has 0 saturated carbocycles. The molecule has 2 amide bonds. The van der Waals surface area contributed by atoms with Gasteiger partial charge in [0.25, 0.3) is 0 Å². The molecular formula is C26H29N5O2. The Balaban J connectivity index is 1.36. The fraction of sp³-hybridized carbons (Fsp3) is 0.346. The molecule has 0 atom stereocenters. The molecule has 1 aliphatic heterocycles. The Hall–Kier alpha value is -3.45. The van der Waals surface area contributed by atoms with Crippen LogP contribution in [0.1, 0.15) is 30.4 Å². The topological polar surface area (TPSA) is 93.2 Å². The van der Waals surface area contributed by atoms with Crippen LogP contribution in [-0.2, 0) is 22.4 Å². The number of rotatable bonds is 6. The van der Waals surface area contributed by atoms with Crippen molar-refractivity contribution in [3.8, 4) is 16.9 Å². The van der Waals surface area contributed by atoms with Crippen molar-refractivity contribution < 1.29 is 9.59 Å². The van der Waals surface area contributed by atoms with Crippen molar-refractivity contribution in [3.05, 3.63) is 65.7 Å². The molecule has 1 aromatic heterocycles. The molecule has 0 radical (unpaired) electrons. The fourth-order valence-electron chi connectivity index (χ4n) is 4.87. The Morgan fingerprint density at radius 2 is 1.76 bits per heavy atom. The van der Waals surface area contributed by atoms with Crippen molar-refractivity contribution >= 4 is 17.6 Å². The van der Waals surface area contributed by atoms with Crippen molar-refractivity contribution in [2.75, 3.05) is 25.0 Å². The molecule has 170 valence electrons. The van der Waals surface area contributed by atoms with Crippen molar-refractivity contribution in [1.29, 1.82) is 0 Å². The first-order chi connectivity index (χ1) is 16.1. The van der Waals surface area contributed by atoms with Gasteiger partial charge in [-0.25, -0.2) is 4.68 Å². The van der Waals surface area contributed by atoms with E-state index in [1.54, 1.807) is 4.68 Å². The number of primary amides is 1. The van der Waals surface area contributed by atoms with Gasteiger partial charge in [-0.1, -0.05) is 30.3 Å². The zero-order chi connectivity index (χ0) is 22.8. The first kappa shape index (κ1) is 21.4. The lowest BCUT2D eigenvalue weighted by atomic mass is 9.96. The Labute approximate surface area is 193 Å². The van der Waals surface area contributed by atoms with E-state index in [-0.39, 0.29) is 24.3 Å². The second-order valence-corrected chi connectivity index (χ2v) is 9.00. The van der Waals surface area contributed by atoms with Crippen molar-refractivity contribution in [3.63, 3.8) is 0 Å². The van der Waals surface area contributed by atoms with Crippen LogP contribution in [0, 0.1) is 5.92 Å². The minimum absolute atomic E-state index is 0.0845. The summed E-state index contributed by atoms with van der Waals surface area (Å²) in [5, 5.41) is 7.90. The first-order valence-electron chi connectivity index (χ1n) is 11.7. The summed E-state index contributed by atoms with van der Waals surface area (Å²) in [7, 11) is 0. The number of anilines is 1. The summed E-state index contributed by atoms with van der Waals surface area (Å²) in [6.07, 6.45) is 4.86. The third-order valence-electron chi connectivity index (χ3n) is 6.73. The summed E-state index contributed by atoms with van der Waals surface area (Å²) in [4.78, 5) is 26.4. The van der Waals surface area contributed by atoms with E-state index >= 15 is 0 Å². The van der Waals surface area contributed by atoms with Crippen LogP contribution in [0.2, 0.25) is 0 Å². The predicted molar refractivity (Wildman–Crippen MR) is 128 cm³/mol. The maximum Gasteiger partial charge on any atom is 0.239 e. The zero-order valence-corrected chi connectivity index (χ0v) is 18.7. The van der Waals surface area contributed by atoms with Gasteiger partial charge in [0.1, 0.15) is 5.82 Å². The lowest BCUT2D eigenvalue weighted by Gasteiger charge is -2.29. The quantitative estimate of drug-likeness (QED) is 0.612. The number of hydrogen-bond acceptors (Lipinski definition) is 4. The van der Waals surface area contributed by atoms with Gasteiger partial charge in [-0.05, 0) is 74.5 Å². The maximum atomic E-state index is 12.9. The van der Waals surface area contributed by atoms with E-state index in [0.717, 1.165) is 29.8 Å². The molecule has 5 rings (SSSR count). The van der Waals surface area contributed by atoms with E-state index in [1.165, 1.54) is 17.5 Å². The van der Waals surface area contributed by atoms with E-state index in [0.29, 0.717) is 31.7 Å². The molecule has 1 fully saturated rings. The second kappa shape index (κ2) is 9.19. The monoisotopic (exact) mass is 443 g/mol.